The minimum atomic E-state index is -4.24. The van der Waals surface area contributed by atoms with Gasteiger partial charge in [0.2, 0.25) is 11.8 Å². The number of benzene rings is 1. The highest BCUT2D eigenvalue weighted by molar-refractivity contribution is 7.91. The number of carbonyl (C=O) groups is 1. The fraction of sp³-hybridized carbons (Fsp3) is 0.312. The molecule has 0 aliphatic heterocycles. The van der Waals surface area contributed by atoms with E-state index in [1.807, 2.05) is 11.6 Å². The van der Waals surface area contributed by atoms with Crippen LogP contribution in [0.1, 0.15) is 19.0 Å². The topological polar surface area (TPSA) is 127 Å². The minimum absolute atomic E-state index is 0.109. The van der Waals surface area contributed by atoms with Crippen LogP contribution >= 0.6 is 0 Å². The number of sulfonamides is 1. The number of carbonyl (C=O) groups excluding carboxylic acids is 1. The minimum Gasteiger partial charge on any atom is -0.481 e. The highest BCUT2D eigenvalue weighted by Gasteiger charge is 2.23. The zero-order chi connectivity index (χ0) is 20.0. The zero-order valence-electron chi connectivity index (χ0n) is 15.1. The summed E-state index contributed by atoms with van der Waals surface area (Å²) in [6.45, 7) is 3.51. The maximum atomic E-state index is 12.6. The van der Waals surface area contributed by atoms with Crippen molar-refractivity contribution in [1.82, 2.24) is 14.7 Å². The first kappa shape index (κ1) is 20.8. The molecular formula is C16H20N4O5S2. The van der Waals surface area contributed by atoms with Gasteiger partial charge in [-0.3, -0.25) is 9.53 Å². The maximum absolute atomic E-state index is 12.6. The van der Waals surface area contributed by atoms with Gasteiger partial charge < -0.3 is 4.74 Å². The molecule has 0 saturated carbocycles. The van der Waals surface area contributed by atoms with Gasteiger partial charge in [-0.05, 0) is 25.5 Å². The largest absolute Gasteiger partial charge is 0.481 e. The number of methoxy groups -OCH3 is 1. The van der Waals surface area contributed by atoms with Crippen molar-refractivity contribution in [2.24, 2.45) is 0 Å². The van der Waals surface area contributed by atoms with Crippen LogP contribution in [0.3, 0.4) is 0 Å². The van der Waals surface area contributed by atoms with Crippen LogP contribution < -0.4 is 14.8 Å². The molecule has 0 fully saturated rings. The number of urea groups is 1. The molecule has 0 saturated heterocycles. The molecule has 0 aliphatic rings. The molecule has 11 heteroatoms. The second-order valence-corrected chi connectivity index (χ2v) is 8.62. The Labute approximate surface area is 160 Å². The lowest BCUT2D eigenvalue weighted by Gasteiger charge is -2.12. The first-order chi connectivity index (χ1) is 12.8. The number of hydrogen-bond donors (Lipinski definition) is 2. The van der Waals surface area contributed by atoms with Crippen LogP contribution in [-0.4, -0.2) is 41.5 Å². The standard InChI is InChI=1S/C16H20N4O5S2/c1-4-9-26(22)12-7-5-6-8-13(12)27(23,24)20-16(21)19-15-17-11(2)10-14(18-15)25-3/h5-8,10H,4,9H2,1-3H3,(H2,17,18,19,20,21). The van der Waals surface area contributed by atoms with E-state index < -0.39 is 26.9 Å². The molecule has 0 aliphatic carbocycles. The molecule has 0 spiro atoms. The van der Waals surface area contributed by atoms with Crippen LogP contribution in [0.4, 0.5) is 10.7 Å². The monoisotopic (exact) mass is 412 g/mol. The summed E-state index contributed by atoms with van der Waals surface area (Å²) >= 11 is 0. The Morgan fingerprint density at radius 1 is 1.26 bits per heavy atom. The number of aryl methyl sites for hydroxylation is 1. The van der Waals surface area contributed by atoms with E-state index in [0.29, 0.717) is 17.9 Å². The molecule has 2 amide bonds. The van der Waals surface area contributed by atoms with Crippen molar-refractivity contribution in [3.05, 3.63) is 36.0 Å². The van der Waals surface area contributed by atoms with Gasteiger partial charge in [0.1, 0.15) is 4.90 Å². The Morgan fingerprint density at radius 3 is 2.63 bits per heavy atom. The number of ether oxygens (including phenoxy) is 1. The summed E-state index contributed by atoms with van der Waals surface area (Å²) in [4.78, 5) is 20.0. The number of nitrogens with zero attached hydrogens (tertiary/aromatic N) is 2. The van der Waals surface area contributed by atoms with Crippen molar-refractivity contribution >= 4 is 32.8 Å². The van der Waals surface area contributed by atoms with Crippen LogP contribution in [0.25, 0.3) is 0 Å². The highest BCUT2D eigenvalue weighted by atomic mass is 32.2. The lowest BCUT2D eigenvalue weighted by Crippen LogP contribution is -2.35. The van der Waals surface area contributed by atoms with Crippen molar-refractivity contribution in [3.63, 3.8) is 0 Å². The number of anilines is 1. The molecular weight excluding hydrogens is 392 g/mol. The molecule has 2 N–H and O–H groups in total. The van der Waals surface area contributed by atoms with Crippen molar-refractivity contribution in [2.45, 2.75) is 30.1 Å². The summed E-state index contributed by atoms with van der Waals surface area (Å²) in [7, 11) is -4.33. The van der Waals surface area contributed by atoms with E-state index in [-0.39, 0.29) is 21.6 Å². The maximum Gasteiger partial charge on any atom is 0.335 e. The van der Waals surface area contributed by atoms with Gasteiger partial charge in [0, 0.05) is 17.5 Å². The van der Waals surface area contributed by atoms with Crippen molar-refractivity contribution in [1.29, 1.82) is 0 Å². The van der Waals surface area contributed by atoms with E-state index in [1.165, 1.54) is 25.3 Å². The molecule has 1 heterocycles. The molecule has 9 nitrogen and oxygen atoms in total. The van der Waals surface area contributed by atoms with Gasteiger partial charge in [-0.2, -0.15) is 4.98 Å². The third kappa shape index (κ3) is 5.47. The summed E-state index contributed by atoms with van der Waals surface area (Å²) in [5.74, 6) is 0.429. The van der Waals surface area contributed by atoms with E-state index >= 15 is 0 Å². The molecule has 1 atom stereocenters. The van der Waals surface area contributed by atoms with Gasteiger partial charge in [-0.1, -0.05) is 19.1 Å². The van der Waals surface area contributed by atoms with Gasteiger partial charge in [-0.15, -0.1) is 0 Å². The predicted octanol–water partition coefficient (Wildman–Crippen LogP) is 1.82. The predicted molar refractivity (Wildman–Crippen MR) is 101 cm³/mol. The van der Waals surface area contributed by atoms with E-state index in [9.17, 15) is 17.4 Å². The van der Waals surface area contributed by atoms with Gasteiger partial charge in [0.25, 0.3) is 10.0 Å². The summed E-state index contributed by atoms with van der Waals surface area (Å²) in [5.41, 5.74) is 0.528. The van der Waals surface area contributed by atoms with E-state index in [1.54, 1.807) is 19.1 Å². The van der Waals surface area contributed by atoms with Crippen LogP contribution in [0.2, 0.25) is 0 Å². The molecule has 1 aromatic carbocycles. The van der Waals surface area contributed by atoms with E-state index in [2.05, 4.69) is 15.3 Å². The molecule has 2 rings (SSSR count). The number of aromatic nitrogens is 2. The second kappa shape index (κ2) is 8.91. The average molecular weight is 412 g/mol. The van der Waals surface area contributed by atoms with Gasteiger partial charge >= 0.3 is 6.03 Å². The zero-order valence-corrected chi connectivity index (χ0v) is 16.7. The first-order valence-electron chi connectivity index (χ1n) is 7.97. The Bertz CT molecular complexity index is 963. The number of rotatable bonds is 7. The van der Waals surface area contributed by atoms with Crippen molar-refractivity contribution in [3.8, 4) is 5.88 Å². The van der Waals surface area contributed by atoms with Crippen LogP contribution in [0, 0.1) is 6.92 Å². The SMILES string of the molecule is CCCS(=O)c1ccccc1S(=O)(=O)NC(=O)Nc1nc(C)cc(OC)n1. The lowest BCUT2D eigenvalue weighted by molar-refractivity contribution is 0.256. The summed E-state index contributed by atoms with van der Waals surface area (Å²) in [6.07, 6.45) is 0.626. The molecule has 2 aromatic rings. The molecule has 1 unspecified atom stereocenters. The van der Waals surface area contributed by atoms with Gasteiger partial charge in [0.05, 0.1) is 22.8 Å². The van der Waals surface area contributed by atoms with E-state index in [0.717, 1.165) is 0 Å². The van der Waals surface area contributed by atoms with Crippen molar-refractivity contribution < 1.29 is 22.2 Å². The quantitative estimate of drug-likeness (QED) is 0.710. The number of nitrogens with one attached hydrogen (secondary N) is 2. The Balaban J connectivity index is 2.23. The normalized spacial score (nSPS) is 12.3. The lowest BCUT2D eigenvalue weighted by atomic mass is 10.4. The Kier molecular flexibility index (Phi) is 6.86. The molecule has 1 aromatic heterocycles. The molecule has 0 bridgehead atoms. The second-order valence-electron chi connectivity index (χ2n) is 5.43. The summed E-state index contributed by atoms with van der Waals surface area (Å²) in [6, 6.07) is 6.36. The number of hydrogen-bond acceptors (Lipinski definition) is 7. The average Bonchev–Trinajstić information content (AvgIpc) is 2.60. The summed E-state index contributed by atoms with van der Waals surface area (Å²) < 4.78 is 44.3. The first-order valence-corrected chi connectivity index (χ1v) is 10.8. The fourth-order valence-corrected chi connectivity index (χ4v) is 4.88. The Hall–Kier alpha value is -2.53. The van der Waals surface area contributed by atoms with Crippen LogP contribution in [0.15, 0.2) is 40.1 Å². The van der Waals surface area contributed by atoms with Crippen LogP contribution in [0.5, 0.6) is 5.88 Å². The summed E-state index contributed by atoms with van der Waals surface area (Å²) in [5, 5.41) is 2.25. The third-order valence-corrected chi connectivity index (χ3v) is 6.41. The molecule has 146 valence electrons. The van der Waals surface area contributed by atoms with E-state index in [4.69, 9.17) is 4.74 Å². The molecule has 0 radical (unpaired) electrons. The number of amides is 2. The third-order valence-electron chi connectivity index (χ3n) is 3.27. The van der Waals surface area contributed by atoms with Crippen LogP contribution in [-0.2, 0) is 20.8 Å². The fourth-order valence-electron chi connectivity index (χ4n) is 2.16. The van der Waals surface area contributed by atoms with Crippen molar-refractivity contribution in [2.75, 3.05) is 18.2 Å². The highest BCUT2D eigenvalue weighted by Crippen LogP contribution is 2.20. The van der Waals surface area contributed by atoms with Gasteiger partial charge in [-0.25, -0.2) is 22.9 Å². The smallest absolute Gasteiger partial charge is 0.335 e. The molecule has 27 heavy (non-hydrogen) atoms. The Morgan fingerprint density at radius 2 is 1.96 bits per heavy atom. The van der Waals surface area contributed by atoms with Gasteiger partial charge in [0.15, 0.2) is 0 Å².